The van der Waals surface area contributed by atoms with Gasteiger partial charge in [-0.05, 0) is 43.2 Å². The van der Waals surface area contributed by atoms with Gasteiger partial charge in [0.2, 0.25) is 10.0 Å². The zero-order valence-electron chi connectivity index (χ0n) is 16.9. The molecule has 0 radical (unpaired) electrons. The summed E-state index contributed by atoms with van der Waals surface area (Å²) in [6.07, 6.45) is 1.90. The van der Waals surface area contributed by atoms with Gasteiger partial charge in [0.15, 0.2) is 0 Å². The van der Waals surface area contributed by atoms with Crippen molar-refractivity contribution >= 4 is 27.5 Å². The number of nitrogens with zero attached hydrogens (tertiary/aromatic N) is 1. The fourth-order valence-corrected chi connectivity index (χ4v) is 4.05. The summed E-state index contributed by atoms with van der Waals surface area (Å²) in [7, 11) is -0.817. The summed E-state index contributed by atoms with van der Waals surface area (Å²) in [5.41, 5.74) is 0.835. The van der Waals surface area contributed by atoms with E-state index in [2.05, 4.69) is 10.6 Å². The Kier molecular flexibility index (Phi) is 6.86. The van der Waals surface area contributed by atoms with E-state index in [1.54, 1.807) is 24.3 Å². The Hall–Kier alpha value is -2.75. The number of hydrogen-bond donors (Lipinski definition) is 2. The molecule has 30 heavy (non-hydrogen) atoms. The third kappa shape index (κ3) is 5.05. The van der Waals surface area contributed by atoms with Crippen LogP contribution in [-0.4, -0.2) is 57.9 Å². The van der Waals surface area contributed by atoms with Gasteiger partial charge in [-0.25, -0.2) is 12.7 Å². The summed E-state index contributed by atoms with van der Waals surface area (Å²) in [5.74, 6) is -0.824. The number of carbonyl (C=O) groups is 2. The quantitative estimate of drug-likeness (QED) is 0.699. The summed E-state index contributed by atoms with van der Waals surface area (Å²) in [5, 5.41) is 5.54. The zero-order valence-corrected chi connectivity index (χ0v) is 17.7. The smallest absolute Gasteiger partial charge is 0.255 e. The van der Waals surface area contributed by atoms with Crippen molar-refractivity contribution in [3.8, 4) is 0 Å². The lowest BCUT2D eigenvalue weighted by Gasteiger charge is -2.14. The number of ether oxygens (including phenoxy) is 1. The third-order valence-electron chi connectivity index (χ3n) is 4.81. The van der Waals surface area contributed by atoms with Gasteiger partial charge in [-0.15, -0.1) is 0 Å². The largest absolute Gasteiger partial charge is 0.376 e. The van der Waals surface area contributed by atoms with Crippen molar-refractivity contribution in [2.75, 3.05) is 32.6 Å². The van der Waals surface area contributed by atoms with E-state index < -0.39 is 15.9 Å². The highest BCUT2D eigenvalue weighted by molar-refractivity contribution is 7.89. The van der Waals surface area contributed by atoms with E-state index in [1.807, 2.05) is 0 Å². The summed E-state index contributed by atoms with van der Waals surface area (Å²) >= 11 is 0. The van der Waals surface area contributed by atoms with E-state index in [-0.39, 0.29) is 22.5 Å². The maximum absolute atomic E-state index is 12.7. The van der Waals surface area contributed by atoms with Crippen molar-refractivity contribution in [3.63, 3.8) is 0 Å². The average Bonchev–Trinajstić information content (AvgIpc) is 3.26. The number of hydrogen-bond acceptors (Lipinski definition) is 5. The molecule has 2 aromatic rings. The molecule has 2 aromatic carbocycles. The van der Waals surface area contributed by atoms with Gasteiger partial charge in [-0.3, -0.25) is 9.59 Å². The Balaban J connectivity index is 1.75. The van der Waals surface area contributed by atoms with Crippen LogP contribution < -0.4 is 10.6 Å². The number of benzene rings is 2. The van der Waals surface area contributed by atoms with Gasteiger partial charge < -0.3 is 15.4 Å². The summed E-state index contributed by atoms with van der Waals surface area (Å²) in [4.78, 5) is 25.3. The van der Waals surface area contributed by atoms with Gasteiger partial charge in [-0.1, -0.05) is 18.2 Å². The molecule has 0 aliphatic carbocycles. The fraction of sp³-hybridized carbons (Fsp3) is 0.333. The number of rotatable bonds is 7. The van der Waals surface area contributed by atoms with Gasteiger partial charge in [0.1, 0.15) is 0 Å². The van der Waals surface area contributed by atoms with Crippen LogP contribution in [0.2, 0.25) is 0 Å². The van der Waals surface area contributed by atoms with Crippen LogP contribution in [0.5, 0.6) is 0 Å². The lowest BCUT2D eigenvalue weighted by atomic mass is 10.1. The normalized spacial score (nSPS) is 16.4. The first-order valence-electron chi connectivity index (χ1n) is 9.62. The van der Waals surface area contributed by atoms with Crippen LogP contribution in [0.25, 0.3) is 0 Å². The average molecular weight is 432 g/mol. The lowest BCUT2D eigenvalue weighted by Crippen LogP contribution is -2.32. The number of amides is 2. The standard InChI is InChI=1S/C21H25N3O5S/c1-24(2)30(27,28)17-9-5-7-15(13-17)20(25)23-19-11-4-3-10-18(19)21(26)22-14-16-8-6-12-29-16/h3-5,7,9-11,13,16H,6,8,12,14H2,1-2H3,(H,22,26)(H,23,25)/t16-/m0/s1. The monoisotopic (exact) mass is 431 g/mol. The van der Waals surface area contributed by atoms with Crippen LogP contribution in [0.1, 0.15) is 33.6 Å². The second-order valence-corrected chi connectivity index (χ2v) is 9.31. The molecule has 1 heterocycles. The fourth-order valence-electron chi connectivity index (χ4n) is 3.10. The second kappa shape index (κ2) is 9.38. The molecule has 3 rings (SSSR count). The molecule has 0 spiro atoms. The molecule has 2 amide bonds. The minimum Gasteiger partial charge on any atom is -0.376 e. The lowest BCUT2D eigenvalue weighted by molar-refractivity contribution is 0.0858. The minimum atomic E-state index is -3.67. The summed E-state index contributed by atoms with van der Waals surface area (Å²) in [6, 6.07) is 12.4. The summed E-state index contributed by atoms with van der Waals surface area (Å²) < 4.78 is 31.2. The first-order valence-corrected chi connectivity index (χ1v) is 11.1. The minimum absolute atomic E-state index is 0.0112. The van der Waals surface area contributed by atoms with Crippen molar-refractivity contribution in [2.24, 2.45) is 0 Å². The van der Waals surface area contributed by atoms with Crippen LogP contribution >= 0.6 is 0 Å². The van der Waals surface area contributed by atoms with Crippen LogP contribution in [0.3, 0.4) is 0 Å². The SMILES string of the molecule is CN(C)S(=O)(=O)c1cccc(C(=O)Nc2ccccc2C(=O)NC[C@@H]2CCCO2)c1. The van der Waals surface area contributed by atoms with Crippen LogP contribution in [-0.2, 0) is 14.8 Å². The van der Waals surface area contributed by atoms with Crippen molar-refractivity contribution in [1.82, 2.24) is 9.62 Å². The summed E-state index contributed by atoms with van der Waals surface area (Å²) in [6.45, 7) is 1.11. The molecule has 1 aliphatic heterocycles. The maximum Gasteiger partial charge on any atom is 0.255 e. The molecule has 0 bridgehead atoms. The van der Waals surface area contributed by atoms with E-state index in [4.69, 9.17) is 4.74 Å². The highest BCUT2D eigenvalue weighted by atomic mass is 32.2. The number of para-hydroxylation sites is 1. The molecule has 160 valence electrons. The van der Waals surface area contributed by atoms with Gasteiger partial charge in [0, 0.05) is 32.8 Å². The Bertz CT molecular complexity index is 1030. The molecule has 2 N–H and O–H groups in total. The molecule has 1 atom stereocenters. The van der Waals surface area contributed by atoms with E-state index in [0.29, 0.717) is 24.4 Å². The maximum atomic E-state index is 12.7. The van der Waals surface area contributed by atoms with Crippen LogP contribution in [0.15, 0.2) is 53.4 Å². The molecule has 0 unspecified atom stereocenters. The third-order valence-corrected chi connectivity index (χ3v) is 6.62. The van der Waals surface area contributed by atoms with Gasteiger partial charge >= 0.3 is 0 Å². The molecular weight excluding hydrogens is 406 g/mol. The molecular formula is C21H25N3O5S. The molecule has 0 aromatic heterocycles. The number of sulfonamides is 1. The molecule has 1 aliphatic rings. The topological polar surface area (TPSA) is 105 Å². The Morgan fingerprint density at radius 2 is 1.87 bits per heavy atom. The number of nitrogens with one attached hydrogen (secondary N) is 2. The Labute approximate surface area is 176 Å². The molecule has 1 saturated heterocycles. The first kappa shape index (κ1) is 21.9. The predicted molar refractivity (Wildman–Crippen MR) is 113 cm³/mol. The Morgan fingerprint density at radius 3 is 2.57 bits per heavy atom. The van der Waals surface area contributed by atoms with Crippen molar-refractivity contribution in [1.29, 1.82) is 0 Å². The van der Waals surface area contributed by atoms with Crippen molar-refractivity contribution in [3.05, 3.63) is 59.7 Å². The van der Waals surface area contributed by atoms with E-state index in [0.717, 1.165) is 17.1 Å². The molecule has 0 saturated carbocycles. The van der Waals surface area contributed by atoms with E-state index >= 15 is 0 Å². The number of carbonyl (C=O) groups excluding carboxylic acids is 2. The predicted octanol–water partition coefficient (Wildman–Crippen LogP) is 2.10. The Morgan fingerprint density at radius 1 is 1.10 bits per heavy atom. The van der Waals surface area contributed by atoms with Crippen molar-refractivity contribution < 1.29 is 22.7 Å². The highest BCUT2D eigenvalue weighted by Gasteiger charge is 2.21. The highest BCUT2D eigenvalue weighted by Crippen LogP contribution is 2.19. The molecule has 8 nitrogen and oxygen atoms in total. The number of anilines is 1. The first-order chi connectivity index (χ1) is 14.3. The van der Waals surface area contributed by atoms with E-state index in [1.165, 1.54) is 38.4 Å². The molecule has 9 heteroatoms. The second-order valence-electron chi connectivity index (χ2n) is 7.16. The van der Waals surface area contributed by atoms with Crippen LogP contribution in [0, 0.1) is 0 Å². The van der Waals surface area contributed by atoms with E-state index in [9.17, 15) is 18.0 Å². The van der Waals surface area contributed by atoms with Gasteiger partial charge in [-0.2, -0.15) is 0 Å². The van der Waals surface area contributed by atoms with Gasteiger partial charge in [0.05, 0.1) is 22.3 Å². The molecule has 1 fully saturated rings. The van der Waals surface area contributed by atoms with Crippen molar-refractivity contribution in [2.45, 2.75) is 23.8 Å². The zero-order chi connectivity index (χ0) is 21.7. The van der Waals surface area contributed by atoms with Gasteiger partial charge in [0.25, 0.3) is 11.8 Å². The van der Waals surface area contributed by atoms with Crippen LogP contribution in [0.4, 0.5) is 5.69 Å².